The van der Waals surface area contributed by atoms with Gasteiger partial charge in [0.05, 0.1) is 17.2 Å². The molecule has 1 amide bonds. The van der Waals surface area contributed by atoms with Crippen molar-refractivity contribution in [2.45, 2.75) is 37.3 Å². The van der Waals surface area contributed by atoms with Crippen LogP contribution in [0.15, 0.2) is 46.3 Å². The molecule has 8 heteroatoms. The maximum Gasteiger partial charge on any atom is 0.254 e. The van der Waals surface area contributed by atoms with Gasteiger partial charge in [0.25, 0.3) is 5.91 Å². The van der Waals surface area contributed by atoms with Crippen molar-refractivity contribution < 1.29 is 9.53 Å². The van der Waals surface area contributed by atoms with Crippen LogP contribution in [-0.2, 0) is 9.53 Å². The van der Waals surface area contributed by atoms with Gasteiger partial charge in [0.2, 0.25) is 0 Å². The van der Waals surface area contributed by atoms with Crippen LogP contribution in [-0.4, -0.2) is 24.3 Å². The molecule has 1 heterocycles. The van der Waals surface area contributed by atoms with Gasteiger partial charge in [-0.25, -0.2) is 0 Å². The first kappa shape index (κ1) is 16.2. The van der Waals surface area contributed by atoms with Crippen molar-refractivity contribution in [2.24, 2.45) is 10.3 Å². The molecule has 1 spiro atoms. The van der Waals surface area contributed by atoms with E-state index in [-0.39, 0.29) is 24.4 Å². The maximum atomic E-state index is 12.5. The number of amides is 1. The molecule has 3 rings (SSSR count). The number of hydrogen-bond acceptors (Lipinski definition) is 5. The largest absolute Gasteiger partial charge is 0.372 e. The molecule has 0 bridgehead atoms. The number of carbonyl (C=O) groups excluding carboxylic acids is 1. The normalized spacial score (nSPS) is 26.2. The van der Waals surface area contributed by atoms with Crippen LogP contribution >= 0.6 is 0 Å². The van der Waals surface area contributed by atoms with E-state index in [1.54, 1.807) is 12.1 Å². The number of rotatable bonds is 5. The molecule has 1 aliphatic heterocycles. The minimum Gasteiger partial charge on any atom is -0.372 e. The average molecular weight is 327 g/mol. The van der Waals surface area contributed by atoms with Crippen molar-refractivity contribution in [3.63, 3.8) is 0 Å². The third-order valence-electron chi connectivity index (χ3n) is 4.64. The summed E-state index contributed by atoms with van der Waals surface area (Å²) in [5.41, 5.74) is 8.90. The van der Waals surface area contributed by atoms with E-state index >= 15 is 0 Å². The zero-order chi connectivity index (χ0) is 17.0. The summed E-state index contributed by atoms with van der Waals surface area (Å²) >= 11 is 0. The molecule has 124 valence electrons. The molecular weight excluding hydrogens is 310 g/mol. The Balaban J connectivity index is 1.82. The van der Waals surface area contributed by atoms with Crippen molar-refractivity contribution in [1.82, 2.24) is 5.32 Å². The van der Waals surface area contributed by atoms with Gasteiger partial charge < -0.3 is 10.1 Å². The summed E-state index contributed by atoms with van der Waals surface area (Å²) in [7, 11) is 0. The van der Waals surface area contributed by atoms with Crippen LogP contribution < -0.4 is 5.32 Å². The quantitative estimate of drug-likeness (QED) is 0.387. The lowest BCUT2D eigenvalue weighted by Gasteiger charge is -2.36. The second-order valence-corrected chi connectivity index (χ2v) is 5.94. The Morgan fingerprint density at radius 2 is 2.00 bits per heavy atom. The lowest BCUT2D eigenvalue weighted by atomic mass is 9.78. The molecule has 0 unspecified atom stereocenters. The predicted molar refractivity (Wildman–Crippen MR) is 87.4 cm³/mol. The minimum absolute atomic E-state index is 0.00951. The fraction of sp³-hybridized carbons (Fsp3) is 0.438. The monoisotopic (exact) mass is 327 g/mol. The number of nitroso groups, excluding NO2 is 1. The Bertz CT molecular complexity index is 716. The number of ether oxygens (including phenoxy) is 1. The van der Waals surface area contributed by atoms with Gasteiger partial charge in [-0.1, -0.05) is 35.4 Å². The first-order valence-corrected chi connectivity index (χ1v) is 7.79. The summed E-state index contributed by atoms with van der Waals surface area (Å²) < 4.78 is 5.48. The Morgan fingerprint density at radius 3 is 2.62 bits per heavy atom. The van der Waals surface area contributed by atoms with Gasteiger partial charge in [0.15, 0.2) is 0 Å². The van der Waals surface area contributed by atoms with Crippen molar-refractivity contribution in [2.75, 3.05) is 6.73 Å². The molecule has 24 heavy (non-hydrogen) atoms. The standard InChI is InChI=1S/C16H17N5O3/c17-21-18-10-24-12-6-8-16(9-7-12)14(20-23)13(15(22)19-16)11-4-2-1-3-5-11/h1-5,12H,6-10H2,(H,19,22). The van der Waals surface area contributed by atoms with Gasteiger partial charge in [-0.2, -0.15) is 0 Å². The van der Waals surface area contributed by atoms with Gasteiger partial charge in [0, 0.05) is 4.91 Å². The third-order valence-corrected chi connectivity index (χ3v) is 4.64. The number of carbonyl (C=O) groups is 1. The second-order valence-electron chi connectivity index (χ2n) is 5.94. The van der Waals surface area contributed by atoms with Gasteiger partial charge >= 0.3 is 0 Å². The summed E-state index contributed by atoms with van der Waals surface area (Å²) in [6.45, 7) is -0.00951. The highest BCUT2D eigenvalue weighted by atomic mass is 16.5. The number of benzene rings is 1. The lowest BCUT2D eigenvalue weighted by Crippen LogP contribution is -2.48. The highest BCUT2D eigenvalue weighted by Gasteiger charge is 2.48. The predicted octanol–water partition coefficient (Wildman–Crippen LogP) is 3.26. The number of nitrogens with one attached hydrogen (secondary N) is 1. The van der Waals surface area contributed by atoms with E-state index in [1.807, 2.05) is 18.2 Å². The highest BCUT2D eigenvalue weighted by molar-refractivity contribution is 6.23. The van der Waals surface area contributed by atoms with Crippen molar-refractivity contribution >= 4 is 11.5 Å². The van der Waals surface area contributed by atoms with E-state index in [0.29, 0.717) is 36.8 Å². The fourth-order valence-corrected chi connectivity index (χ4v) is 3.47. The Hall–Kier alpha value is -2.70. The van der Waals surface area contributed by atoms with E-state index < -0.39 is 5.54 Å². The van der Waals surface area contributed by atoms with Crippen LogP contribution in [0.1, 0.15) is 31.2 Å². The number of nitrogens with zero attached hydrogens (tertiary/aromatic N) is 4. The molecule has 0 atom stereocenters. The first-order valence-electron chi connectivity index (χ1n) is 7.79. The number of azide groups is 1. The molecule has 1 aromatic carbocycles. The van der Waals surface area contributed by atoms with Crippen LogP contribution in [0.25, 0.3) is 16.0 Å². The van der Waals surface area contributed by atoms with Crippen LogP contribution in [0.3, 0.4) is 0 Å². The van der Waals surface area contributed by atoms with E-state index in [4.69, 9.17) is 10.3 Å². The molecule has 2 aliphatic rings. The molecule has 0 aromatic heterocycles. The first-order chi connectivity index (χ1) is 11.7. The summed E-state index contributed by atoms with van der Waals surface area (Å²) in [4.78, 5) is 26.6. The summed E-state index contributed by atoms with van der Waals surface area (Å²) in [6.07, 6.45) is 2.39. The molecule has 1 fully saturated rings. The van der Waals surface area contributed by atoms with Crippen LogP contribution in [0, 0.1) is 4.91 Å². The average Bonchev–Trinajstić information content (AvgIpc) is 2.89. The molecule has 8 nitrogen and oxygen atoms in total. The fourth-order valence-electron chi connectivity index (χ4n) is 3.47. The Morgan fingerprint density at radius 1 is 1.29 bits per heavy atom. The minimum atomic E-state index is -0.720. The van der Waals surface area contributed by atoms with Crippen LogP contribution in [0.5, 0.6) is 0 Å². The van der Waals surface area contributed by atoms with Crippen molar-refractivity contribution in [3.8, 4) is 0 Å². The lowest BCUT2D eigenvalue weighted by molar-refractivity contribution is -0.116. The van der Waals surface area contributed by atoms with E-state index in [0.717, 1.165) is 0 Å². The van der Waals surface area contributed by atoms with Crippen molar-refractivity contribution in [3.05, 3.63) is 56.9 Å². The SMILES string of the molecule is [N-]=[N+]=NCOC1CCC2(CC1)NC(=O)C(c1ccccc1)=C2N=O. The Kier molecular flexibility index (Phi) is 4.59. The van der Waals surface area contributed by atoms with Crippen LogP contribution in [0.4, 0.5) is 0 Å². The van der Waals surface area contributed by atoms with Gasteiger partial charge in [-0.15, -0.1) is 4.91 Å². The molecule has 1 aromatic rings. The maximum absolute atomic E-state index is 12.5. The van der Waals surface area contributed by atoms with Gasteiger partial charge in [0.1, 0.15) is 12.4 Å². The smallest absolute Gasteiger partial charge is 0.254 e. The molecular formula is C16H17N5O3. The molecule has 0 radical (unpaired) electrons. The molecule has 1 N–H and O–H groups in total. The second kappa shape index (κ2) is 6.82. The summed E-state index contributed by atoms with van der Waals surface area (Å²) in [5.74, 6) is -0.260. The molecule has 1 aliphatic carbocycles. The molecule has 0 saturated heterocycles. The highest BCUT2D eigenvalue weighted by Crippen LogP contribution is 2.43. The summed E-state index contributed by atoms with van der Waals surface area (Å²) in [6, 6.07) is 9.10. The van der Waals surface area contributed by atoms with Crippen molar-refractivity contribution in [1.29, 1.82) is 0 Å². The zero-order valence-electron chi connectivity index (χ0n) is 13.0. The topological polar surface area (TPSA) is 117 Å². The van der Waals surface area contributed by atoms with E-state index in [1.165, 1.54) is 0 Å². The van der Waals surface area contributed by atoms with E-state index in [9.17, 15) is 9.70 Å². The zero-order valence-corrected chi connectivity index (χ0v) is 13.0. The molecule has 1 saturated carbocycles. The Labute approximate surface area is 138 Å². The number of hydrogen-bond donors (Lipinski definition) is 1. The van der Waals surface area contributed by atoms with E-state index in [2.05, 4.69) is 20.5 Å². The van der Waals surface area contributed by atoms with Gasteiger partial charge in [-0.3, -0.25) is 4.79 Å². The van der Waals surface area contributed by atoms with Crippen LogP contribution in [0.2, 0.25) is 0 Å². The van der Waals surface area contributed by atoms with Gasteiger partial charge in [-0.05, 0) is 42.0 Å². The summed E-state index contributed by atoms with van der Waals surface area (Å²) in [5, 5.41) is 9.53. The third kappa shape index (κ3) is 2.89.